The Balaban J connectivity index is 2.56. The monoisotopic (exact) mass is 462 g/mol. The van der Waals surface area contributed by atoms with E-state index < -0.39 is 12.1 Å². The summed E-state index contributed by atoms with van der Waals surface area (Å²) in [5.74, 6) is 4.93. The molecule has 11 heteroatoms. The molecular formula is C22H35FN8O2. The van der Waals surface area contributed by atoms with Crippen LogP contribution >= 0.6 is 0 Å². The van der Waals surface area contributed by atoms with Gasteiger partial charge in [-0.15, -0.1) is 5.10 Å². The Morgan fingerprint density at radius 3 is 2.73 bits per heavy atom. The van der Waals surface area contributed by atoms with Crippen LogP contribution in [-0.4, -0.2) is 58.1 Å². The van der Waals surface area contributed by atoms with Gasteiger partial charge in [-0.2, -0.15) is 0 Å². The number of carbonyl (C=O) groups excluding carboxylic acids is 2. The van der Waals surface area contributed by atoms with Gasteiger partial charge < -0.3 is 21.4 Å². The smallest absolute Gasteiger partial charge is 0.273 e. The van der Waals surface area contributed by atoms with Gasteiger partial charge in [0, 0.05) is 32.8 Å². The van der Waals surface area contributed by atoms with Crippen molar-refractivity contribution in [1.29, 1.82) is 0 Å². The lowest BCUT2D eigenvalue weighted by atomic mass is 10.1. The SMILES string of the molecule is C\C=C/C=C\C(CNC(=O)/C(N)=C/N(N)CC(F)CCn1cc(C(=O)NC)nn1)=C(/C)CC. The summed E-state index contributed by atoms with van der Waals surface area (Å²) in [4.78, 5) is 23.8. The quantitative estimate of drug-likeness (QED) is 0.150. The molecule has 0 spiro atoms. The summed E-state index contributed by atoms with van der Waals surface area (Å²) in [5.41, 5.74) is 7.98. The molecule has 0 radical (unpaired) electrons. The average Bonchev–Trinajstić information content (AvgIpc) is 3.27. The van der Waals surface area contributed by atoms with E-state index in [9.17, 15) is 14.0 Å². The van der Waals surface area contributed by atoms with Crippen LogP contribution in [0, 0.1) is 0 Å². The second kappa shape index (κ2) is 14.6. The standard InChI is InChI=1S/C22H35FN8O2/c1-5-7-8-9-17(16(3)6-2)12-27-21(32)19(24)14-30(25)13-18(23)10-11-31-15-20(28-29-31)22(33)26-4/h5,7-9,14-15,18H,6,10-13,24-25H2,1-4H3,(H,26,33)(H,27,32)/b7-5-,9-8-,17-16-,19-14-. The van der Waals surface area contributed by atoms with Crippen LogP contribution in [0.15, 0.2) is 53.5 Å². The van der Waals surface area contributed by atoms with Gasteiger partial charge >= 0.3 is 0 Å². The molecule has 10 nitrogen and oxygen atoms in total. The third kappa shape index (κ3) is 10.1. The second-order valence-electron chi connectivity index (χ2n) is 7.34. The highest BCUT2D eigenvalue weighted by molar-refractivity contribution is 5.92. The molecule has 0 saturated carbocycles. The van der Waals surface area contributed by atoms with Gasteiger partial charge in [-0.05, 0) is 25.8 Å². The van der Waals surface area contributed by atoms with Crippen LogP contribution in [0.4, 0.5) is 4.39 Å². The molecule has 182 valence electrons. The molecule has 1 rings (SSSR count). The second-order valence-corrected chi connectivity index (χ2v) is 7.34. The number of allylic oxidation sites excluding steroid dienone is 4. The molecular weight excluding hydrogens is 427 g/mol. The first kappa shape index (κ1) is 27.6. The molecule has 1 heterocycles. The summed E-state index contributed by atoms with van der Waals surface area (Å²) < 4.78 is 15.7. The molecule has 6 N–H and O–H groups in total. The number of rotatable bonds is 13. The molecule has 0 bridgehead atoms. The van der Waals surface area contributed by atoms with E-state index in [4.69, 9.17) is 11.6 Å². The molecule has 0 aliphatic rings. The van der Waals surface area contributed by atoms with E-state index in [-0.39, 0.29) is 36.8 Å². The fourth-order valence-electron chi connectivity index (χ4n) is 2.66. The first-order chi connectivity index (χ1) is 15.7. The molecule has 0 aromatic carbocycles. The average molecular weight is 463 g/mol. The van der Waals surface area contributed by atoms with Crippen molar-refractivity contribution in [3.05, 3.63) is 59.2 Å². The highest BCUT2D eigenvalue weighted by Gasteiger charge is 2.14. The maximum absolute atomic E-state index is 14.3. The Bertz CT molecular complexity index is 904. The molecule has 1 aromatic rings. The lowest BCUT2D eigenvalue weighted by Crippen LogP contribution is -2.36. The van der Waals surface area contributed by atoms with E-state index in [1.54, 1.807) is 0 Å². The minimum absolute atomic E-state index is 0.0905. The van der Waals surface area contributed by atoms with Crippen LogP contribution in [0.3, 0.4) is 0 Å². The van der Waals surface area contributed by atoms with E-state index in [0.29, 0.717) is 6.54 Å². The summed E-state index contributed by atoms with van der Waals surface area (Å²) in [6.07, 6.45) is 9.93. The van der Waals surface area contributed by atoms with Crippen molar-refractivity contribution < 1.29 is 14.0 Å². The summed E-state index contributed by atoms with van der Waals surface area (Å²) in [6.45, 7) is 6.32. The van der Waals surface area contributed by atoms with Gasteiger partial charge in [-0.1, -0.05) is 42.0 Å². The van der Waals surface area contributed by atoms with E-state index in [1.807, 2.05) is 45.1 Å². The van der Waals surface area contributed by atoms with E-state index >= 15 is 0 Å². The lowest BCUT2D eigenvalue weighted by Gasteiger charge is -2.18. The van der Waals surface area contributed by atoms with Crippen molar-refractivity contribution in [1.82, 2.24) is 30.6 Å². The van der Waals surface area contributed by atoms with Gasteiger partial charge in [0.2, 0.25) is 0 Å². The minimum Gasteiger partial charge on any atom is -0.393 e. The van der Waals surface area contributed by atoms with Crippen LogP contribution in [-0.2, 0) is 11.3 Å². The number of aromatic nitrogens is 3. The van der Waals surface area contributed by atoms with E-state index in [0.717, 1.165) is 22.6 Å². The highest BCUT2D eigenvalue weighted by Crippen LogP contribution is 2.09. The van der Waals surface area contributed by atoms with Gasteiger partial charge in [-0.25, -0.2) is 10.2 Å². The summed E-state index contributed by atoms with van der Waals surface area (Å²) in [7, 11) is 1.48. The number of nitrogens with one attached hydrogen (secondary N) is 2. The molecule has 2 amide bonds. The number of alkyl halides is 1. The largest absolute Gasteiger partial charge is 0.393 e. The number of aryl methyl sites for hydroxylation is 1. The van der Waals surface area contributed by atoms with E-state index in [1.165, 1.54) is 24.1 Å². The topological polar surface area (TPSA) is 144 Å². The van der Waals surface area contributed by atoms with Crippen molar-refractivity contribution in [3.8, 4) is 0 Å². The zero-order valence-corrected chi connectivity index (χ0v) is 19.7. The zero-order chi connectivity index (χ0) is 24.8. The number of hydrazine groups is 1. The number of nitrogens with zero attached hydrogens (tertiary/aromatic N) is 4. The summed E-state index contributed by atoms with van der Waals surface area (Å²) in [6, 6.07) is 0. The van der Waals surface area contributed by atoms with Crippen LogP contribution in [0.2, 0.25) is 0 Å². The first-order valence-electron chi connectivity index (χ1n) is 10.7. The number of halogens is 1. The summed E-state index contributed by atoms with van der Waals surface area (Å²) >= 11 is 0. The number of amides is 2. The lowest BCUT2D eigenvalue weighted by molar-refractivity contribution is -0.117. The Morgan fingerprint density at radius 1 is 1.36 bits per heavy atom. The number of hydrogen-bond donors (Lipinski definition) is 4. The molecule has 0 fully saturated rings. The normalized spacial score (nSPS) is 13.8. The van der Waals surface area contributed by atoms with Crippen LogP contribution in [0.25, 0.3) is 0 Å². The van der Waals surface area contributed by atoms with E-state index in [2.05, 4.69) is 20.9 Å². The van der Waals surface area contributed by atoms with Crippen LogP contribution in [0.5, 0.6) is 0 Å². The Morgan fingerprint density at radius 2 is 2.09 bits per heavy atom. The Labute approximate surface area is 194 Å². The maximum Gasteiger partial charge on any atom is 0.273 e. The molecule has 0 aliphatic heterocycles. The van der Waals surface area contributed by atoms with Gasteiger partial charge in [-0.3, -0.25) is 14.3 Å². The van der Waals surface area contributed by atoms with Crippen molar-refractivity contribution in [3.63, 3.8) is 0 Å². The molecule has 1 unspecified atom stereocenters. The van der Waals surface area contributed by atoms with Gasteiger partial charge in [0.15, 0.2) is 5.69 Å². The third-order valence-corrected chi connectivity index (χ3v) is 4.76. The molecule has 1 atom stereocenters. The molecule has 1 aromatic heterocycles. The van der Waals surface area contributed by atoms with Crippen LogP contribution in [0.1, 0.15) is 44.1 Å². The fraction of sp³-hybridized carbons (Fsp3) is 0.455. The predicted octanol–water partition coefficient (Wildman–Crippen LogP) is 1.32. The van der Waals surface area contributed by atoms with Crippen molar-refractivity contribution in [2.24, 2.45) is 11.6 Å². The van der Waals surface area contributed by atoms with Crippen molar-refractivity contribution in [2.75, 3.05) is 20.1 Å². The Hall–Kier alpha value is -3.47. The predicted molar refractivity (Wildman–Crippen MR) is 126 cm³/mol. The first-order valence-corrected chi connectivity index (χ1v) is 10.7. The molecule has 0 aliphatic carbocycles. The molecule has 33 heavy (non-hydrogen) atoms. The van der Waals surface area contributed by atoms with Gasteiger partial charge in [0.25, 0.3) is 11.8 Å². The van der Waals surface area contributed by atoms with Crippen molar-refractivity contribution in [2.45, 2.75) is 46.3 Å². The minimum atomic E-state index is -1.31. The highest BCUT2D eigenvalue weighted by atomic mass is 19.1. The maximum atomic E-state index is 14.3. The van der Waals surface area contributed by atoms with Gasteiger partial charge in [0.05, 0.1) is 12.7 Å². The number of hydrogen-bond acceptors (Lipinski definition) is 7. The third-order valence-electron chi connectivity index (χ3n) is 4.76. The number of nitrogens with two attached hydrogens (primary N) is 2. The zero-order valence-electron chi connectivity index (χ0n) is 19.7. The number of carbonyl (C=O) groups is 2. The molecule has 0 saturated heterocycles. The summed E-state index contributed by atoms with van der Waals surface area (Å²) in [5, 5.41) is 13.7. The van der Waals surface area contributed by atoms with Gasteiger partial charge in [0.1, 0.15) is 11.9 Å². The Kier molecular flexibility index (Phi) is 12.2. The fourth-order valence-corrected chi connectivity index (χ4v) is 2.66. The van der Waals surface area contributed by atoms with Crippen molar-refractivity contribution >= 4 is 11.8 Å². The van der Waals surface area contributed by atoms with Crippen LogP contribution < -0.4 is 22.2 Å².